The third-order valence-electron chi connectivity index (χ3n) is 6.09. The van der Waals surface area contributed by atoms with E-state index in [-0.39, 0.29) is 30.9 Å². The van der Waals surface area contributed by atoms with Gasteiger partial charge in [0, 0.05) is 37.5 Å². The van der Waals surface area contributed by atoms with Gasteiger partial charge in [-0.1, -0.05) is 42.2 Å². The van der Waals surface area contributed by atoms with Gasteiger partial charge in [0.05, 0.1) is 58.8 Å². The van der Waals surface area contributed by atoms with Crippen LogP contribution in [0.4, 0.5) is 0 Å². The summed E-state index contributed by atoms with van der Waals surface area (Å²) >= 11 is 27.7. The number of halogens is 6. The first-order valence-corrected chi connectivity index (χ1v) is 15.7. The van der Waals surface area contributed by atoms with E-state index in [1.807, 2.05) is 6.92 Å². The quantitative estimate of drug-likeness (QED) is 0.121. The highest BCUT2D eigenvalue weighted by atomic mass is 35.5. The van der Waals surface area contributed by atoms with Crippen LogP contribution in [0.15, 0.2) is 73.2 Å². The summed E-state index contributed by atoms with van der Waals surface area (Å²) in [4.78, 5) is 62.6. The van der Waals surface area contributed by atoms with E-state index >= 15 is 0 Å². The van der Waals surface area contributed by atoms with Crippen molar-refractivity contribution in [1.82, 2.24) is 35.0 Å². The number of ether oxygens (including phenoxy) is 1. The lowest BCUT2D eigenvalue weighted by atomic mass is 10.2. The number of fused-ring (bicyclic) bond motifs is 3. The van der Waals surface area contributed by atoms with Gasteiger partial charge in [0.25, 0.3) is 16.4 Å². The molecule has 0 atom stereocenters. The van der Waals surface area contributed by atoms with E-state index in [0.29, 0.717) is 60.1 Å². The zero-order chi connectivity index (χ0) is 36.1. The molecule has 51 heavy (non-hydrogen) atoms. The molecule has 3 heterocycles. The summed E-state index contributed by atoms with van der Waals surface area (Å²) in [7, 11) is 4.64. The lowest BCUT2D eigenvalue weighted by Gasteiger charge is -2.13. The van der Waals surface area contributed by atoms with Crippen molar-refractivity contribution in [1.29, 1.82) is 0 Å². The number of methoxy groups -OCH3 is 1. The number of hydroxylamine groups is 2. The van der Waals surface area contributed by atoms with Gasteiger partial charge in [0.1, 0.15) is 15.5 Å². The van der Waals surface area contributed by atoms with Gasteiger partial charge in [-0.15, -0.1) is 12.4 Å². The molecule has 18 heteroatoms. The summed E-state index contributed by atoms with van der Waals surface area (Å²) in [6, 6.07) is 14.7. The van der Waals surface area contributed by atoms with Crippen molar-refractivity contribution >= 4 is 120 Å². The predicted molar refractivity (Wildman–Crippen MR) is 205 cm³/mol. The molecule has 6 rings (SSSR count). The third-order valence-corrected chi connectivity index (χ3v) is 7.07. The Bertz CT molecular complexity index is 2110. The van der Waals surface area contributed by atoms with Crippen LogP contribution >= 0.6 is 70.4 Å². The first-order chi connectivity index (χ1) is 23.4. The van der Waals surface area contributed by atoms with Crippen LogP contribution in [0.5, 0.6) is 0 Å². The molecule has 0 aliphatic rings. The molecule has 3 aromatic carbocycles. The van der Waals surface area contributed by atoms with Gasteiger partial charge in [-0.2, -0.15) is 0 Å². The number of hydrogen-bond acceptors (Lipinski definition) is 11. The zero-order valence-electron chi connectivity index (χ0n) is 26.6. The van der Waals surface area contributed by atoms with Crippen LogP contribution in [-0.2, 0) is 9.57 Å². The van der Waals surface area contributed by atoms with Gasteiger partial charge in [0.15, 0.2) is 0 Å². The highest BCUT2D eigenvalue weighted by Crippen LogP contribution is 2.18. The van der Waals surface area contributed by atoms with E-state index in [1.165, 1.54) is 32.7 Å². The summed E-state index contributed by atoms with van der Waals surface area (Å²) in [6.45, 7) is 2.78. The Kier molecular flexibility index (Phi) is 19.6. The molecule has 0 aliphatic heterocycles. The maximum absolute atomic E-state index is 11.8. The molecule has 0 unspecified atom stereocenters. The van der Waals surface area contributed by atoms with Crippen LogP contribution in [0.25, 0.3) is 33.1 Å². The Morgan fingerprint density at radius 1 is 0.627 bits per heavy atom. The minimum absolute atomic E-state index is 0. The van der Waals surface area contributed by atoms with Crippen molar-refractivity contribution in [3.05, 3.63) is 105 Å². The van der Waals surface area contributed by atoms with Gasteiger partial charge in [-0.3, -0.25) is 34.2 Å². The first-order valence-electron chi connectivity index (χ1n) is 13.8. The van der Waals surface area contributed by atoms with Crippen molar-refractivity contribution < 1.29 is 24.0 Å². The highest BCUT2D eigenvalue weighted by Gasteiger charge is 2.12. The Morgan fingerprint density at radius 2 is 0.980 bits per heavy atom. The topological polar surface area (TPSA) is 150 Å². The summed E-state index contributed by atoms with van der Waals surface area (Å²) in [6.07, 6.45) is 4.34. The van der Waals surface area contributed by atoms with Crippen LogP contribution in [0.2, 0.25) is 15.5 Å². The van der Waals surface area contributed by atoms with Crippen LogP contribution < -0.4 is 0 Å². The molecule has 0 radical (unpaired) electrons. The molecule has 3 aromatic heterocycles. The van der Waals surface area contributed by atoms with Gasteiger partial charge in [-0.05, 0) is 84.7 Å². The molecule has 0 saturated heterocycles. The van der Waals surface area contributed by atoms with Crippen LogP contribution in [0, 0.1) is 0 Å². The Morgan fingerprint density at radius 3 is 1.39 bits per heavy atom. The molecule has 0 bridgehead atoms. The average molecular weight is 818 g/mol. The van der Waals surface area contributed by atoms with Crippen molar-refractivity contribution in [2.45, 2.75) is 14.4 Å². The second-order valence-electron chi connectivity index (χ2n) is 9.30. The van der Waals surface area contributed by atoms with Crippen LogP contribution in [0.1, 0.15) is 45.4 Å². The zero-order valence-corrected chi connectivity index (χ0v) is 31.2. The molecule has 0 fully saturated rings. The molecule has 0 N–H and O–H groups in total. The summed E-state index contributed by atoms with van der Waals surface area (Å²) < 4.78 is 4.54. The fourth-order valence-electron chi connectivity index (χ4n) is 3.61. The number of nitrogens with zero attached hydrogens (tertiary/aromatic N) is 7. The molecule has 1 amide bonds. The fourth-order valence-corrected chi connectivity index (χ4v) is 4.26. The number of carbonyl (C=O) groups is 3. The number of amides is 1. The van der Waals surface area contributed by atoms with E-state index in [2.05, 4.69) is 34.6 Å². The maximum atomic E-state index is 11.8. The second-order valence-corrected chi connectivity index (χ2v) is 11.1. The van der Waals surface area contributed by atoms with Gasteiger partial charge in [0.2, 0.25) is 0 Å². The van der Waals surface area contributed by atoms with Gasteiger partial charge in [-0.25, -0.2) is 20.0 Å². The SMILES string of the molecule is C.CCOC.CON(C)C(=O)c1ccc2ncc(Cl)nc2c1.Cl.O=C(Cl)c1ccc2nc(Cl)cnc2c1.O=C(Cl)c1ccc2ncc(Cl)nc2c1. The lowest BCUT2D eigenvalue weighted by molar-refractivity contribution is -0.0756. The Balaban J connectivity index is 0.000000358. The van der Waals surface area contributed by atoms with Gasteiger partial charge >= 0.3 is 0 Å². The predicted octanol–water partition coefficient (Wildman–Crippen LogP) is 8.95. The van der Waals surface area contributed by atoms with E-state index in [9.17, 15) is 14.4 Å². The molecular weight excluding hydrogens is 787 g/mol. The van der Waals surface area contributed by atoms with Crippen molar-refractivity contribution in [2.75, 3.05) is 27.9 Å². The molecular formula is C33H31Cl6N7O5. The maximum Gasteiger partial charge on any atom is 0.277 e. The standard InChI is InChI=1S/C11H10ClN3O2.2C9H4Cl2N2O.C3H8O.CH4.ClH/c1-15(17-2)11(16)7-3-4-8-9(5-7)14-10(12)6-13-8;10-8-4-12-7-3-5(9(11)14)1-2-6(7)13-8;10-8-4-12-6-2-1-5(9(11)14)3-7(6)13-8;1-3-4-2;;/h3-6H,1-2H3;2*1-4H;3H2,1-2H3;1H4;1H. The minimum Gasteiger partial charge on any atom is -0.385 e. The number of carbonyl (C=O) groups excluding carboxylic acids is 3. The normalized spacial score (nSPS) is 9.82. The molecule has 0 saturated carbocycles. The average Bonchev–Trinajstić information content (AvgIpc) is 3.10. The molecule has 6 aromatic rings. The number of benzene rings is 3. The van der Waals surface area contributed by atoms with E-state index in [4.69, 9.17) is 62.8 Å². The minimum atomic E-state index is -0.520. The number of rotatable bonds is 5. The van der Waals surface area contributed by atoms with E-state index < -0.39 is 10.5 Å². The lowest BCUT2D eigenvalue weighted by Crippen LogP contribution is -2.25. The van der Waals surface area contributed by atoms with Gasteiger partial charge < -0.3 is 4.74 Å². The second kappa shape index (κ2) is 22.2. The van der Waals surface area contributed by atoms with Crippen molar-refractivity contribution in [2.24, 2.45) is 0 Å². The number of hydrogen-bond donors (Lipinski definition) is 0. The molecule has 0 aliphatic carbocycles. The van der Waals surface area contributed by atoms with E-state index in [1.54, 1.807) is 61.7 Å². The number of aromatic nitrogens is 6. The molecule has 0 spiro atoms. The molecule has 270 valence electrons. The Hall–Kier alpha value is -3.85. The van der Waals surface area contributed by atoms with E-state index in [0.717, 1.165) is 11.7 Å². The van der Waals surface area contributed by atoms with Crippen LogP contribution in [-0.4, -0.2) is 79.2 Å². The summed E-state index contributed by atoms with van der Waals surface area (Å²) in [5.41, 5.74) is 4.99. The third kappa shape index (κ3) is 13.7. The summed E-state index contributed by atoms with van der Waals surface area (Å²) in [5, 5.41) is 1.01. The van der Waals surface area contributed by atoms with Crippen LogP contribution in [0.3, 0.4) is 0 Å². The largest absolute Gasteiger partial charge is 0.385 e. The summed E-state index contributed by atoms with van der Waals surface area (Å²) in [5.74, 6) is -0.254. The Labute approximate surface area is 324 Å². The fraction of sp³-hybridized carbons (Fsp3) is 0.182. The van der Waals surface area contributed by atoms with Crippen molar-refractivity contribution in [3.8, 4) is 0 Å². The first kappa shape index (κ1) is 45.2. The smallest absolute Gasteiger partial charge is 0.277 e. The molecule has 12 nitrogen and oxygen atoms in total. The monoisotopic (exact) mass is 815 g/mol. The van der Waals surface area contributed by atoms with Crippen molar-refractivity contribution in [3.63, 3.8) is 0 Å². The highest BCUT2D eigenvalue weighted by molar-refractivity contribution is 6.68.